The van der Waals surface area contributed by atoms with Crippen LogP contribution in [0.3, 0.4) is 0 Å². The van der Waals surface area contributed by atoms with Crippen molar-refractivity contribution in [2.75, 3.05) is 0 Å². The van der Waals surface area contributed by atoms with Crippen molar-refractivity contribution in [3.8, 4) is 0 Å². The summed E-state index contributed by atoms with van der Waals surface area (Å²) in [4.78, 5) is 0. The molecule has 0 saturated carbocycles. The lowest BCUT2D eigenvalue weighted by atomic mass is 10.0. The van der Waals surface area contributed by atoms with Gasteiger partial charge >= 0.3 is 0 Å². The molecular weight excluding hydrogens is 238 g/mol. The maximum atomic E-state index is 13.5. The average Bonchev–Trinajstić information content (AvgIpc) is 2.65. The maximum Gasteiger partial charge on any atom is 0.162 e. The smallest absolute Gasteiger partial charge is 0.162 e. The molecule has 0 aliphatic rings. The van der Waals surface area contributed by atoms with Crippen LogP contribution in [0.4, 0.5) is 8.78 Å². The molecule has 0 aliphatic heterocycles. The van der Waals surface area contributed by atoms with Gasteiger partial charge in [-0.15, -0.1) is 0 Å². The zero-order valence-corrected chi connectivity index (χ0v) is 10.2. The Kier molecular flexibility index (Phi) is 3.43. The van der Waals surface area contributed by atoms with E-state index in [1.165, 1.54) is 16.8 Å². The second-order valence-electron chi connectivity index (χ2n) is 4.27. The molecule has 2 rings (SSSR count). The molecule has 3 nitrogen and oxygen atoms in total. The molecule has 96 valence electrons. The summed E-state index contributed by atoms with van der Waals surface area (Å²) >= 11 is 0. The minimum atomic E-state index is -0.909. The molecule has 18 heavy (non-hydrogen) atoms. The van der Waals surface area contributed by atoms with Gasteiger partial charge in [-0.25, -0.2) is 8.78 Å². The number of aliphatic hydroxyl groups excluding tert-OH is 1. The van der Waals surface area contributed by atoms with E-state index in [-0.39, 0.29) is 12.0 Å². The Morgan fingerprint density at radius 3 is 2.72 bits per heavy atom. The summed E-state index contributed by atoms with van der Waals surface area (Å²) in [6.07, 6.45) is 0.735. The lowest BCUT2D eigenvalue weighted by molar-refractivity contribution is 0.166. The highest BCUT2D eigenvalue weighted by Gasteiger charge is 2.18. The third kappa shape index (κ3) is 2.26. The number of aromatic nitrogens is 2. The lowest BCUT2D eigenvalue weighted by Crippen LogP contribution is -2.10. The first-order valence-corrected chi connectivity index (χ1v) is 5.60. The van der Waals surface area contributed by atoms with Crippen LogP contribution in [0.5, 0.6) is 0 Å². The van der Waals surface area contributed by atoms with Crippen molar-refractivity contribution in [3.05, 3.63) is 52.9 Å². The fourth-order valence-corrected chi connectivity index (χ4v) is 2.05. The molecule has 0 spiro atoms. The number of hydrogen-bond acceptors (Lipinski definition) is 2. The Hall–Kier alpha value is -1.75. The number of hydrogen-bond donors (Lipinski definition) is 1. The van der Waals surface area contributed by atoms with Crippen LogP contribution in [0.2, 0.25) is 0 Å². The molecule has 1 aromatic heterocycles. The number of nitrogens with zero attached hydrogens (tertiary/aromatic N) is 2. The van der Waals surface area contributed by atoms with Crippen molar-refractivity contribution in [2.24, 2.45) is 7.05 Å². The van der Waals surface area contributed by atoms with Crippen LogP contribution in [0.15, 0.2) is 24.4 Å². The van der Waals surface area contributed by atoms with E-state index in [0.717, 1.165) is 11.6 Å². The SMILES string of the molecule is Cc1cnn(C)c1C(O)Cc1cccc(F)c1F. The molecule has 1 N–H and O–H groups in total. The fourth-order valence-electron chi connectivity index (χ4n) is 2.05. The Morgan fingerprint density at radius 1 is 1.39 bits per heavy atom. The van der Waals surface area contributed by atoms with Gasteiger partial charge in [0, 0.05) is 13.5 Å². The Morgan fingerprint density at radius 2 is 2.11 bits per heavy atom. The summed E-state index contributed by atoms with van der Waals surface area (Å²) in [7, 11) is 1.70. The molecule has 0 amide bonds. The van der Waals surface area contributed by atoms with Gasteiger partial charge in [0.05, 0.1) is 18.0 Å². The highest BCUT2D eigenvalue weighted by molar-refractivity contribution is 5.24. The highest BCUT2D eigenvalue weighted by Crippen LogP contribution is 2.23. The predicted molar refractivity (Wildman–Crippen MR) is 63.0 cm³/mol. The van der Waals surface area contributed by atoms with Crippen molar-refractivity contribution >= 4 is 0 Å². The van der Waals surface area contributed by atoms with E-state index in [1.807, 2.05) is 6.92 Å². The summed E-state index contributed by atoms with van der Waals surface area (Å²) in [6.45, 7) is 1.81. The van der Waals surface area contributed by atoms with Gasteiger partial charge in [-0.1, -0.05) is 12.1 Å². The third-order valence-electron chi connectivity index (χ3n) is 2.94. The first-order chi connectivity index (χ1) is 8.50. The van der Waals surface area contributed by atoms with E-state index in [4.69, 9.17) is 0 Å². The van der Waals surface area contributed by atoms with Crippen LogP contribution in [0, 0.1) is 18.6 Å². The number of aliphatic hydroxyl groups is 1. The van der Waals surface area contributed by atoms with Gasteiger partial charge in [0.25, 0.3) is 0 Å². The molecule has 0 fully saturated rings. The van der Waals surface area contributed by atoms with Crippen molar-refractivity contribution in [2.45, 2.75) is 19.4 Å². The van der Waals surface area contributed by atoms with Crippen LogP contribution in [-0.2, 0) is 13.5 Å². The highest BCUT2D eigenvalue weighted by atomic mass is 19.2. The molecule has 1 unspecified atom stereocenters. The molecule has 2 aromatic rings. The summed E-state index contributed by atoms with van der Waals surface area (Å²) in [5.74, 6) is -1.81. The van der Waals surface area contributed by atoms with Gasteiger partial charge < -0.3 is 5.11 Å². The second kappa shape index (κ2) is 4.86. The zero-order valence-electron chi connectivity index (χ0n) is 10.2. The molecule has 0 bridgehead atoms. The standard InChI is InChI=1S/C13H14F2N2O/c1-8-7-16-17(2)13(8)11(18)6-9-4-3-5-10(14)12(9)15/h3-5,7,11,18H,6H2,1-2H3. The molecule has 0 aliphatic carbocycles. The number of benzene rings is 1. The van der Waals surface area contributed by atoms with E-state index in [2.05, 4.69) is 5.10 Å². The minimum absolute atomic E-state index is 0.0178. The Bertz CT molecular complexity index is 547. The van der Waals surface area contributed by atoms with Crippen LogP contribution < -0.4 is 0 Å². The van der Waals surface area contributed by atoms with Crippen LogP contribution >= 0.6 is 0 Å². The first kappa shape index (κ1) is 12.7. The number of rotatable bonds is 3. The average molecular weight is 252 g/mol. The molecule has 1 aromatic carbocycles. The lowest BCUT2D eigenvalue weighted by Gasteiger charge is -2.13. The fraction of sp³-hybridized carbons (Fsp3) is 0.308. The van der Waals surface area contributed by atoms with Gasteiger partial charge in [0.15, 0.2) is 11.6 Å². The minimum Gasteiger partial charge on any atom is -0.386 e. The number of halogens is 2. The molecule has 0 radical (unpaired) electrons. The quantitative estimate of drug-likeness (QED) is 0.910. The Labute approximate surface area is 104 Å². The molecule has 1 heterocycles. The summed E-state index contributed by atoms with van der Waals surface area (Å²) in [5, 5.41) is 14.1. The molecule has 0 saturated heterocycles. The topological polar surface area (TPSA) is 38.0 Å². The van der Waals surface area contributed by atoms with Crippen molar-refractivity contribution in [3.63, 3.8) is 0 Å². The van der Waals surface area contributed by atoms with Crippen LogP contribution in [-0.4, -0.2) is 14.9 Å². The summed E-state index contributed by atoms with van der Waals surface area (Å²) in [6, 6.07) is 3.95. The first-order valence-electron chi connectivity index (χ1n) is 5.60. The molecular formula is C13H14F2N2O. The van der Waals surface area contributed by atoms with E-state index in [1.54, 1.807) is 13.2 Å². The van der Waals surface area contributed by atoms with Crippen molar-refractivity contribution in [1.82, 2.24) is 9.78 Å². The van der Waals surface area contributed by atoms with Gasteiger partial charge in [-0.3, -0.25) is 4.68 Å². The van der Waals surface area contributed by atoms with Gasteiger partial charge in [-0.05, 0) is 24.1 Å². The second-order valence-corrected chi connectivity index (χ2v) is 4.27. The van der Waals surface area contributed by atoms with E-state index < -0.39 is 17.7 Å². The van der Waals surface area contributed by atoms with E-state index in [0.29, 0.717) is 5.69 Å². The molecule has 5 heteroatoms. The maximum absolute atomic E-state index is 13.5. The van der Waals surface area contributed by atoms with E-state index in [9.17, 15) is 13.9 Å². The predicted octanol–water partition coefficient (Wildman–Crippen LogP) is 2.28. The van der Waals surface area contributed by atoms with Crippen LogP contribution in [0.25, 0.3) is 0 Å². The molecule has 1 atom stereocenters. The largest absolute Gasteiger partial charge is 0.386 e. The van der Waals surface area contributed by atoms with Gasteiger partial charge in [0.2, 0.25) is 0 Å². The Balaban J connectivity index is 2.27. The van der Waals surface area contributed by atoms with E-state index >= 15 is 0 Å². The zero-order chi connectivity index (χ0) is 13.3. The van der Waals surface area contributed by atoms with Crippen LogP contribution in [0.1, 0.15) is 22.9 Å². The normalized spacial score (nSPS) is 12.7. The van der Waals surface area contributed by atoms with Crippen molar-refractivity contribution in [1.29, 1.82) is 0 Å². The van der Waals surface area contributed by atoms with Gasteiger partial charge in [0.1, 0.15) is 0 Å². The van der Waals surface area contributed by atoms with Gasteiger partial charge in [-0.2, -0.15) is 5.10 Å². The third-order valence-corrected chi connectivity index (χ3v) is 2.94. The summed E-state index contributed by atoms with van der Waals surface area (Å²) in [5.41, 5.74) is 1.59. The number of aryl methyl sites for hydroxylation is 2. The summed E-state index contributed by atoms with van der Waals surface area (Å²) < 4.78 is 28.1. The van der Waals surface area contributed by atoms with Crippen molar-refractivity contribution < 1.29 is 13.9 Å². The monoisotopic (exact) mass is 252 g/mol.